The van der Waals surface area contributed by atoms with E-state index in [2.05, 4.69) is 26.1 Å². The topological polar surface area (TPSA) is 58.6 Å². The molecule has 0 aromatic heterocycles. The van der Waals surface area contributed by atoms with E-state index in [1.54, 1.807) is 11.0 Å². The van der Waals surface area contributed by atoms with Gasteiger partial charge in [0.25, 0.3) is 5.91 Å². The van der Waals surface area contributed by atoms with Gasteiger partial charge in [0.15, 0.2) is 6.61 Å². The summed E-state index contributed by atoms with van der Waals surface area (Å²) in [5.74, 6) is 0.191. The van der Waals surface area contributed by atoms with Crippen molar-refractivity contribution in [2.24, 2.45) is 0 Å². The summed E-state index contributed by atoms with van der Waals surface area (Å²) >= 11 is 6.22. The molecule has 190 valence electrons. The van der Waals surface area contributed by atoms with Gasteiger partial charge in [-0.25, -0.2) is 0 Å². The zero-order valence-corrected chi connectivity index (χ0v) is 22.2. The summed E-state index contributed by atoms with van der Waals surface area (Å²) in [7, 11) is 0. The van der Waals surface area contributed by atoms with E-state index in [0.717, 1.165) is 16.7 Å². The van der Waals surface area contributed by atoms with Gasteiger partial charge in [-0.05, 0) is 47.2 Å². The molecule has 0 aliphatic carbocycles. The molecule has 1 N–H and O–H groups in total. The van der Waals surface area contributed by atoms with Crippen LogP contribution < -0.4 is 10.1 Å². The van der Waals surface area contributed by atoms with Gasteiger partial charge in [-0.3, -0.25) is 9.59 Å². The van der Waals surface area contributed by atoms with Gasteiger partial charge < -0.3 is 15.0 Å². The predicted octanol–water partition coefficient (Wildman–Crippen LogP) is 5.79. The summed E-state index contributed by atoms with van der Waals surface area (Å²) in [5, 5.41) is 3.48. The third-order valence-corrected chi connectivity index (χ3v) is 6.15. The fourth-order valence-corrected chi connectivity index (χ4v) is 4.33. The summed E-state index contributed by atoms with van der Waals surface area (Å²) < 4.78 is 6.06. The number of para-hydroxylation sites is 1. The van der Waals surface area contributed by atoms with E-state index in [0.29, 0.717) is 23.7 Å². The molecule has 0 spiro atoms. The zero-order valence-electron chi connectivity index (χ0n) is 21.5. The largest absolute Gasteiger partial charge is 0.483 e. The van der Waals surface area contributed by atoms with Gasteiger partial charge in [0.05, 0.1) is 0 Å². The molecule has 5 nitrogen and oxygen atoms in total. The lowest BCUT2D eigenvalue weighted by Gasteiger charge is -2.32. The van der Waals surface area contributed by atoms with Gasteiger partial charge in [-0.15, -0.1) is 0 Å². The first kappa shape index (κ1) is 27.3. The Hall–Kier alpha value is -3.31. The highest BCUT2D eigenvalue weighted by Crippen LogP contribution is 2.31. The van der Waals surface area contributed by atoms with Crippen LogP contribution in [0.25, 0.3) is 0 Å². The summed E-state index contributed by atoms with van der Waals surface area (Å²) in [6.45, 7) is 8.71. The molecule has 3 aromatic rings. The van der Waals surface area contributed by atoms with E-state index in [4.69, 9.17) is 16.3 Å². The van der Waals surface area contributed by atoms with E-state index in [9.17, 15) is 9.59 Å². The lowest BCUT2D eigenvalue weighted by Crippen LogP contribution is -2.51. The van der Waals surface area contributed by atoms with Crippen LogP contribution in [0.1, 0.15) is 44.4 Å². The average Bonchev–Trinajstić information content (AvgIpc) is 2.85. The molecule has 0 aliphatic rings. The monoisotopic (exact) mass is 506 g/mol. The van der Waals surface area contributed by atoms with Crippen molar-refractivity contribution in [3.05, 3.63) is 101 Å². The number of ether oxygens (including phenoxy) is 1. The quantitative estimate of drug-likeness (QED) is 0.378. The van der Waals surface area contributed by atoms with E-state index in [1.807, 2.05) is 79.7 Å². The summed E-state index contributed by atoms with van der Waals surface area (Å²) in [6, 6.07) is 24.1. The van der Waals surface area contributed by atoms with Crippen LogP contribution in [0.4, 0.5) is 0 Å². The number of amides is 2. The first-order valence-corrected chi connectivity index (χ1v) is 12.6. The molecule has 1 atom stereocenters. The maximum atomic E-state index is 13.7. The third-order valence-electron chi connectivity index (χ3n) is 5.91. The Morgan fingerprint density at radius 3 is 2.28 bits per heavy atom. The molecule has 0 heterocycles. The van der Waals surface area contributed by atoms with Gasteiger partial charge in [-0.2, -0.15) is 0 Å². The first-order valence-electron chi connectivity index (χ1n) is 12.3. The molecule has 36 heavy (non-hydrogen) atoms. The molecule has 0 saturated heterocycles. The van der Waals surface area contributed by atoms with Crippen LogP contribution >= 0.6 is 11.6 Å². The molecule has 2 amide bonds. The maximum absolute atomic E-state index is 13.7. The van der Waals surface area contributed by atoms with E-state index in [1.165, 1.54) is 0 Å². The second kappa shape index (κ2) is 12.6. The van der Waals surface area contributed by atoms with Gasteiger partial charge in [-0.1, -0.05) is 93.0 Å². The average molecular weight is 507 g/mol. The SMILES string of the molecule is CCNC(=O)C(Cc1ccccc1)N(Cc1cccc(Cl)c1)C(=O)COc1ccccc1C(C)(C)C. The van der Waals surface area contributed by atoms with Crippen LogP contribution in [-0.2, 0) is 28.0 Å². The Morgan fingerprint density at radius 2 is 1.61 bits per heavy atom. The van der Waals surface area contributed by atoms with Gasteiger partial charge in [0, 0.05) is 24.5 Å². The fraction of sp³-hybridized carbons (Fsp3) is 0.333. The molecule has 0 fully saturated rings. The Kier molecular flexibility index (Phi) is 9.54. The molecule has 0 saturated carbocycles. The molecule has 0 bridgehead atoms. The number of benzene rings is 3. The smallest absolute Gasteiger partial charge is 0.261 e. The van der Waals surface area contributed by atoms with Crippen LogP contribution in [0.5, 0.6) is 5.75 Å². The molecule has 6 heteroatoms. The molecule has 1 unspecified atom stereocenters. The summed E-state index contributed by atoms with van der Waals surface area (Å²) in [6.07, 6.45) is 0.386. The van der Waals surface area contributed by atoms with Crippen LogP contribution in [0.15, 0.2) is 78.9 Å². The second-order valence-electron chi connectivity index (χ2n) is 9.79. The second-order valence-corrected chi connectivity index (χ2v) is 10.2. The lowest BCUT2D eigenvalue weighted by atomic mass is 9.86. The Balaban J connectivity index is 1.92. The van der Waals surface area contributed by atoms with Crippen LogP contribution in [0.2, 0.25) is 5.02 Å². The fourth-order valence-electron chi connectivity index (χ4n) is 4.11. The number of likely N-dealkylation sites (N-methyl/N-ethyl adjacent to an activating group) is 1. The first-order chi connectivity index (χ1) is 17.2. The number of carbonyl (C=O) groups is 2. The van der Waals surface area contributed by atoms with E-state index >= 15 is 0 Å². The highest BCUT2D eigenvalue weighted by molar-refractivity contribution is 6.30. The standard InChI is InChI=1S/C30H35ClN2O3/c1-5-32-29(35)26(19-22-12-7-6-8-13-22)33(20-23-14-11-15-24(31)18-23)28(34)21-36-27-17-10-9-16-25(27)30(2,3)4/h6-18,26H,5,19-21H2,1-4H3,(H,32,35). The van der Waals surface area contributed by atoms with Crippen molar-refractivity contribution >= 4 is 23.4 Å². The minimum Gasteiger partial charge on any atom is -0.483 e. The van der Waals surface area contributed by atoms with Crippen molar-refractivity contribution in [1.82, 2.24) is 10.2 Å². The van der Waals surface area contributed by atoms with Gasteiger partial charge >= 0.3 is 0 Å². The van der Waals surface area contributed by atoms with Crippen LogP contribution in [0.3, 0.4) is 0 Å². The number of nitrogens with zero attached hydrogens (tertiary/aromatic N) is 1. The van der Waals surface area contributed by atoms with Gasteiger partial charge in [0.1, 0.15) is 11.8 Å². The molecule has 0 radical (unpaired) electrons. The molecule has 0 aliphatic heterocycles. The Bertz CT molecular complexity index is 1160. The van der Waals surface area contributed by atoms with Crippen molar-refractivity contribution < 1.29 is 14.3 Å². The highest BCUT2D eigenvalue weighted by atomic mass is 35.5. The highest BCUT2D eigenvalue weighted by Gasteiger charge is 2.31. The Morgan fingerprint density at radius 1 is 0.944 bits per heavy atom. The number of halogens is 1. The summed E-state index contributed by atoms with van der Waals surface area (Å²) in [4.78, 5) is 28.5. The van der Waals surface area contributed by atoms with Crippen molar-refractivity contribution in [2.75, 3.05) is 13.2 Å². The zero-order chi connectivity index (χ0) is 26.1. The maximum Gasteiger partial charge on any atom is 0.261 e. The molecular weight excluding hydrogens is 472 g/mol. The van der Waals surface area contributed by atoms with Crippen LogP contribution in [0, 0.1) is 0 Å². The normalized spacial score (nSPS) is 12.0. The minimum atomic E-state index is -0.708. The molecule has 3 rings (SSSR count). The number of nitrogens with one attached hydrogen (secondary N) is 1. The Labute approximate surface area is 219 Å². The molecular formula is C30H35ClN2O3. The molecule has 3 aromatic carbocycles. The van der Waals surface area contributed by atoms with E-state index in [-0.39, 0.29) is 30.4 Å². The number of rotatable bonds is 10. The third kappa shape index (κ3) is 7.59. The van der Waals surface area contributed by atoms with Crippen molar-refractivity contribution in [3.8, 4) is 5.75 Å². The van der Waals surface area contributed by atoms with E-state index < -0.39 is 6.04 Å². The van der Waals surface area contributed by atoms with Crippen molar-refractivity contribution in [3.63, 3.8) is 0 Å². The van der Waals surface area contributed by atoms with Crippen molar-refractivity contribution in [2.45, 2.75) is 52.1 Å². The number of carbonyl (C=O) groups excluding carboxylic acids is 2. The number of hydrogen-bond donors (Lipinski definition) is 1. The van der Waals surface area contributed by atoms with Crippen LogP contribution in [-0.4, -0.2) is 35.9 Å². The lowest BCUT2D eigenvalue weighted by molar-refractivity contribution is -0.142. The minimum absolute atomic E-state index is 0.142. The summed E-state index contributed by atoms with van der Waals surface area (Å²) in [5.41, 5.74) is 2.69. The van der Waals surface area contributed by atoms with Crippen molar-refractivity contribution in [1.29, 1.82) is 0 Å². The number of hydrogen-bond acceptors (Lipinski definition) is 3. The predicted molar refractivity (Wildman–Crippen MR) is 145 cm³/mol. The van der Waals surface area contributed by atoms with Gasteiger partial charge in [0.2, 0.25) is 5.91 Å².